The molecular weight excluding hydrogens is 194 g/mol. The zero-order valence-electron chi connectivity index (χ0n) is 10.7. The van der Waals surface area contributed by atoms with Gasteiger partial charge in [-0.25, -0.2) is 0 Å². The molecule has 1 aromatic rings. The van der Waals surface area contributed by atoms with Crippen LogP contribution in [0.4, 0.5) is 0 Å². The van der Waals surface area contributed by atoms with Crippen LogP contribution in [0.25, 0.3) is 0 Å². The molecule has 2 rings (SSSR count). The Morgan fingerprint density at radius 2 is 1.94 bits per heavy atom. The molecule has 0 saturated carbocycles. The molecule has 0 fully saturated rings. The Balaban J connectivity index is 2.32. The summed E-state index contributed by atoms with van der Waals surface area (Å²) in [5.74, 6) is 0.767. The average molecular weight is 217 g/mol. The quantitative estimate of drug-likeness (QED) is 0.814. The van der Waals surface area contributed by atoms with E-state index in [9.17, 15) is 0 Å². The van der Waals surface area contributed by atoms with Gasteiger partial charge in [0, 0.05) is 12.1 Å². The van der Waals surface area contributed by atoms with E-state index < -0.39 is 0 Å². The van der Waals surface area contributed by atoms with Gasteiger partial charge in [-0.15, -0.1) is 0 Å². The van der Waals surface area contributed by atoms with Crippen molar-refractivity contribution in [3.63, 3.8) is 0 Å². The lowest BCUT2D eigenvalue weighted by Gasteiger charge is -2.36. The standard InChI is InChI=1S/C15H23N/c1-4-12(5-2)15-14-9-7-6-8-13(14)10-11(3)16-15/h6-9,11-12,15-16H,4-5,10H2,1-3H3. The summed E-state index contributed by atoms with van der Waals surface area (Å²) in [6, 6.07) is 10.1. The second kappa shape index (κ2) is 5.01. The first-order valence-corrected chi connectivity index (χ1v) is 6.60. The Morgan fingerprint density at radius 3 is 2.62 bits per heavy atom. The number of benzene rings is 1. The zero-order chi connectivity index (χ0) is 11.5. The van der Waals surface area contributed by atoms with Crippen molar-refractivity contribution in [3.05, 3.63) is 35.4 Å². The Bertz CT molecular complexity index is 341. The highest BCUT2D eigenvalue weighted by Crippen LogP contribution is 2.33. The minimum Gasteiger partial charge on any atom is -0.307 e. The number of fused-ring (bicyclic) bond motifs is 1. The molecule has 0 aromatic heterocycles. The SMILES string of the molecule is CCC(CC)C1NC(C)Cc2ccccc21. The Morgan fingerprint density at radius 1 is 1.25 bits per heavy atom. The molecule has 0 bridgehead atoms. The summed E-state index contributed by atoms with van der Waals surface area (Å²) in [5.41, 5.74) is 3.08. The second-order valence-corrected chi connectivity index (χ2v) is 5.02. The number of hydrogen-bond donors (Lipinski definition) is 1. The summed E-state index contributed by atoms with van der Waals surface area (Å²) in [7, 11) is 0. The normalized spacial score (nSPS) is 24.5. The van der Waals surface area contributed by atoms with Crippen LogP contribution < -0.4 is 5.32 Å². The minimum atomic E-state index is 0.565. The molecule has 1 aliphatic rings. The molecule has 0 saturated heterocycles. The Hall–Kier alpha value is -0.820. The van der Waals surface area contributed by atoms with Gasteiger partial charge in [0.15, 0.2) is 0 Å². The number of nitrogens with one attached hydrogen (secondary N) is 1. The van der Waals surface area contributed by atoms with Crippen LogP contribution in [-0.4, -0.2) is 6.04 Å². The average Bonchev–Trinajstić information content (AvgIpc) is 2.30. The molecule has 1 nitrogen and oxygen atoms in total. The number of rotatable bonds is 3. The molecule has 0 aliphatic carbocycles. The molecule has 1 aromatic carbocycles. The predicted octanol–water partition coefficient (Wildman–Crippen LogP) is 3.70. The fraction of sp³-hybridized carbons (Fsp3) is 0.600. The van der Waals surface area contributed by atoms with Crippen LogP contribution >= 0.6 is 0 Å². The first-order chi connectivity index (χ1) is 7.76. The van der Waals surface area contributed by atoms with Gasteiger partial charge in [-0.3, -0.25) is 0 Å². The summed E-state index contributed by atoms with van der Waals surface area (Å²) < 4.78 is 0. The number of hydrogen-bond acceptors (Lipinski definition) is 1. The molecule has 2 unspecified atom stereocenters. The highest BCUT2D eigenvalue weighted by atomic mass is 15.0. The van der Waals surface area contributed by atoms with Crippen molar-refractivity contribution in [2.75, 3.05) is 0 Å². The van der Waals surface area contributed by atoms with E-state index >= 15 is 0 Å². The van der Waals surface area contributed by atoms with E-state index in [1.54, 1.807) is 5.56 Å². The molecule has 1 heteroatoms. The van der Waals surface area contributed by atoms with Crippen LogP contribution in [0.5, 0.6) is 0 Å². The third-order valence-electron chi connectivity index (χ3n) is 3.90. The van der Waals surface area contributed by atoms with Crippen LogP contribution in [0.3, 0.4) is 0 Å². The fourth-order valence-corrected chi connectivity index (χ4v) is 2.96. The summed E-state index contributed by atoms with van der Waals surface area (Å²) in [4.78, 5) is 0. The smallest absolute Gasteiger partial charge is 0.0353 e. The van der Waals surface area contributed by atoms with E-state index in [2.05, 4.69) is 50.4 Å². The van der Waals surface area contributed by atoms with Gasteiger partial charge in [0.2, 0.25) is 0 Å². The van der Waals surface area contributed by atoms with Crippen LogP contribution in [-0.2, 0) is 6.42 Å². The van der Waals surface area contributed by atoms with Crippen molar-refractivity contribution >= 4 is 0 Å². The van der Waals surface area contributed by atoms with Crippen molar-refractivity contribution in [3.8, 4) is 0 Å². The van der Waals surface area contributed by atoms with E-state index in [1.807, 2.05) is 0 Å². The van der Waals surface area contributed by atoms with Gasteiger partial charge < -0.3 is 5.32 Å². The van der Waals surface area contributed by atoms with E-state index in [1.165, 1.54) is 24.8 Å². The monoisotopic (exact) mass is 217 g/mol. The lowest BCUT2D eigenvalue weighted by atomic mass is 9.82. The van der Waals surface area contributed by atoms with E-state index in [0.29, 0.717) is 12.1 Å². The third-order valence-corrected chi connectivity index (χ3v) is 3.90. The van der Waals surface area contributed by atoms with Crippen molar-refractivity contribution in [2.24, 2.45) is 5.92 Å². The zero-order valence-corrected chi connectivity index (χ0v) is 10.7. The van der Waals surface area contributed by atoms with Crippen LogP contribution in [0, 0.1) is 5.92 Å². The summed E-state index contributed by atoms with van der Waals surface area (Å²) in [5, 5.41) is 3.77. The predicted molar refractivity (Wildman–Crippen MR) is 69.6 cm³/mol. The van der Waals surface area contributed by atoms with Gasteiger partial charge in [0.05, 0.1) is 0 Å². The molecule has 0 amide bonds. The second-order valence-electron chi connectivity index (χ2n) is 5.02. The molecular formula is C15H23N. The minimum absolute atomic E-state index is 0.565. The third kappa shape index (κ3) is 2.15. The summed E-state index contributed by atoms with van der Waals surface area (Å²) in [6.07, 6.45) is 3.69. The van der Waals surface area contributed by atoms with Crippen LogP contribution in [0.2, 0.25) is 0 Å². The molecule has 1 heterocycles. The molecule has 2 atom stereocenters. The highest BCUT2D eigenvalue weighted by Gasteiger charge is 2.27. The first-order valence-electron chi connectivity index (χ1n) is 6.60. The van der Waals surface area contributed by atoms with Gasteiger partial charge in [-0.1, -0.05) is 51.0 Å². The summed E-state index contributed by atoms with van der Waals surface area (Å²) >= 11 is 0. The van der Waals surface area contributed by atoms with E-state index in [0.717, 1.165) is 5.92 Å². The van der Waals surface area contributed by atoms with Crippen molar-refractivity contribution < 1.29 is 0 Å². The lowest BCUT2D eigenvalue weighted by molar-refractivity contribution is 0.297. The Kier molecular flexibility index (Phi) is 3.65. The largest absolute Gasteiger partial charge is 0.307 e. The molecule has 1 aliphatic heterocycles. The van der Waals surface area contributed by atoms with Crippen LogP contribution in [0.1, 0.15) is 50.8 Å². The topological polar surface area (TPSA) is 12.0 Å². The highest BCUT2D eigenvalue weighted by molar-refractivity contribution is 5.33. The van der Waals surface area contributed by atoms with Crippen molar-refractivity contribution in [2.45, 2.75) is 52.1 Å². The Labute approximate surface area is 99.3 Å². The fourth-order valence-electron chi connectivity index (χ4n) is 2.96. The van der Waals surface area contributed by atoms with E-state index in [4.69, 9.17) is 0 Å². The molecule has 16 heavy (non-hydrogen) atoms. The van der Waals surface area contributed by atoms with Gasteiger partial charge in [0.25, 0.3) is 0 Å². The van der Waals surface area contributed by atoms with Crippen molar-refractivity contribution in [1.29, 1.82) is 0 Å². The van der Waals surface area contributed by atoms with Gasteiger partial charge in [-0.2, -0.15) is 0 Å². The molecule has 88 valence electrons. The molecule has 0 radical (unpaired) electrons. The molecule has 1 N–H and O–H groups in total. The first kappa shape index (κ1) is 11.7. The van der Waals surface area contributed by atoms with Gasteiger partial charge in [-0.05, 0) is 30.4 Å². The van der Waals surface area contributed by atoms with Crippen molar-refractivity contribution in [1.82, 2.24) is 5.32 Å². The van der Waals surface area contributed by atoms with Gasteiger partial charge >= 0.3 is 0 Å². The maximum atomic E-state index is 3.77. The maximum absolute atomic E-state index is 3.77. The van der Waals surface area contributed by atoms with Crippen LogP contribution in [0.15, 0.2) is 24.3 Å². The lowest BCUT2D eigenvalue weighted by Crippen LogP contribution is -2.40. The molecule has 0 spiro atoms. The van der Waals surface area contributed by atoms with Gasteiger partial charge in [0.1, 0.15) is 0 Å². The van der Waals surface area contributed by atoms with E-state index in [-0.39, 0.29) is 0 Å². The maximum Gasteiger partial charge on any atom is 0.0353 e. The summed E-state index contributed by atoms with van der Waals surface area (Å²) in [6.45, 7) is 6.90.